The summed E-state index contributed by atoms with van der Waals surface area (Å²) in [5.74, 6) is -1.33. The minimum atomic E-state index is -1.22. The van der Waals surface area contributed by atoms with Crippen molar-refractivity contribution in [2.24, 2.45) is 5.10 Å². The quantitative estimate of drug-likeness (QED) is 0.651. The van der Waals surface area contributed by atoms with Gasteiger partial charge in [0.25, 0.3) is 5.91 Å². The number of hydrazone groups is 1. The highest BCUT2D eigenvalue weighted by molar-refractivity contribution is 6.39. The van der Waals surface area contributed by atoms with Gasteiger partial charge in [-0.1, -0.05) is 48.0 Å². The second kappa shape index (κ2) is 6.92. The van der Waals surface area contributed by atoms with Gasteiger partial charge in [-0.2, -0.15) is 5.10 Å². The Morgan fingerprint density at radius 3 is 2.54 bits per heavy atom. The number of nitrogens with zero attached hydrogens (tertiary/aromatic N) is 2. The normalized spacial score (nSPS) is 21.0. The molecule has 0 aliphatic carbocycles. The van der Waals surface area contributed by atoms with Crippen molar-refractivity contribution in [3.8, 4) is 0 Å². The Kier molecular flexibility index (Phi) is 4.43. The average Bonchev–Trinajstić information content (AvgIpc) is 3.23. The van der Waals surface area contributed by atoms with E-state index in [0.29, 0.717) is 5.69 Å². The van der Waals surface area contributed by atoms with Crippen LogP contribution in [0.1, 0.15) is 24.0 Å². The zero-order valence-electron chi connectivity index (χ0n) is 15.3. The van der Waals surface area contributed by atoms with Crippen LogP contribution in [0.15, 0.2) is 59.7 Å². The summed E-state index contributed by atoms with van der Waals surface area (Å²) >= 11 is 0. The first kappa shape index (κ1) is 17.9. The van der Waals surface area contributed by atoms with E-state index >= 15 is 0 Å². The minimum Gasteiger partial charge on any atom is -0.456 e. The van der Waals surface area contributed by atoms with Crippen molar-refractivity contribution in [3.63, 3.8) is 0 Å². The number of ether oxygens (including phenoxy) is 1. The van der Waals surface area contributed by atoms with Crippen molar-refractivity contribution < 1.29 is 19.1 Å². The molecule has 1 atom stereocenters. The molecule has 1 spiro atoms. The van der Waals surface area contributed by atoms with E-state index in [-0.39, 0.29) is 31.1 Å². The average molecular weight is 377 g/mol. The van der Waals surface area contributed by atoms with Gasteiger partial charge in [0.15, 0.2) is 0 Å². The molecule has 7 nitrogen and oxygen atoms in total. The highest BCUT2D eigenvalue weighted by atomic mass is 16.5. The topological polar surface area (TPSA) is 88.1 Å². The van der Waals surface area contributed by atoms with Gasteiger partial charge in [-0.25, -0.2) is 9.69 Å². The minimum absolute atomic E-state index is 0.0214. The Hall–Kier alpha value is -3.48. The number of hydrogen-bond donors (Lipinski definition) is 1. The molecule has 2 amide bonds. The molecule has 2 heterocycles. The summed E-state index contributed by atoms with van der Waals surface area (Å²) in [7, 11) is 0. The van der Waals surface area contributed by atoms with Crippen molar-refractivity contribution in [3.05, 3.63) is 65.7 Å². The maximum atomic E-state index is 13.0. The Morgan fingerprint density at radius 1 is 1.11 bits per heavy atom. The summed E-state index contributed by atoms with van der Waals surface area (Å²) in [6.07, 6.45) is -0.0355. The number of carbonyl (C=O) groups is 3. The van der Waals surface area contributed by atoms with E-state index < -0.39 is 17.4 Å². The number of aryl methyl sites for hydroxylation is 1. The Balaban J connectivity index is 1.44. The van der Waals surface area contributed by atoms with E-state index in [4.69, 9.17) is 4.74 Å². The van der Waals surface area contributed by atoms with Gasteiger partial charge in [-0.3, -0.25) is 15.0 Å². The molecule has 28 heavy (non-hydrogen) atoms. The highest BCUT2D eigenvalue weighted by Crippen LogP contribution is 2.34. The highest BCUT2D eigenvalue weighted by Gasteiger charge is 2.56. The lowest BCUT2D eigenvalue weighted by Gasteiger charge is -2.21. The molecule has 1 saturated heterocycles. The Labute approximate surface area is 162 Å². The van der Waals surface area contributed by atoms with Gasteiger partial charge in [0.05, 0.1) is 12.1 Å². The lowest BCUT2D eigenvalue weighted by atomic mass is 9.93. The van der Waals surface area contributed by atoms with Crippen molar-refractivity contribution in [1.29, 1.82) is 0 Å². The molecular weight excluding hydrogens is 358 g/mol. The summed E-state index contributed by atoms with van der Waals surface area (Å²) in [6, 6.07) is 16.4. The van der Waals surface area contributed by atoms with Gasteiger partial charge in [0.2, 0.25) is 5.91 Å². The van der Waals surface area contributed by atoms with Crippen LogP contribution in [0.25, 0.3) is 0 Å². The van der Waals surface area contributed by atoms with Crippen LogP contribution < -0.4 is 10.3 Å². The summed E-state index contributed by atoms with van der Waals surface area (Å²) < 4.78 is 5.28. The van der Waals surface area contributed by atoms with E-state index in [9.17, 15) is 14.4 Å². The number of anilines is 1. The van der Waals surface area contributed by atoms with Crippen LogP contribution in [0.4, 0.5) is 5.69 Å². The van der Waals surface area contributed by atoms with E-state index in [1.165, 1.54) is 0 Å². The van der Waals surface area contributed by atoms with Gasteiger partial charge in [0.1, 0.15) is 17.9 Å². The zero-order chi connectivity index (χ0) is 19.7. The molecule has 2 aliphatic heterocycles. The monoisotopic (exact) mass is 377 g/mol. The fourth-order valence-electron chi connectivity index (χ4n) is 3.38. The van der Waals surface area contributed by atoms with E-state index in [1.807, 2.05) is 49.4 Å². The number of benzene rings is 2. The molecule has 0 bridgehead atoms. The molecule has 0 saturated carbocycles. The predicted octanol–water partition coefficient (Wildman–Crippen LogP) is 2.09. The molecule has 2 aliphatic rings. The summed E-state index contributed by atoms with van der Waals surface area (Å²) in [4.78, 5) is 39.0. The van der Waals surface area contributed by atoms with Crippen LogP contribution >= 0.6 is 0 Å². The fraction of sp³-hybridized carbons (Fsp3) is 0.238. The summed E-state index contributed by atoms with van der Waals surface area (Å²) in [6.45, 7) is 2.05. The largest absolute Gasteiger partial charge is 0.456 e. The third-order valence-electron chi connectivity index (χ3n) is 4.93. The van der Waals surface area contributed by atoms with Gasteiger partial charge in [0, 0.05) is 6.42 Å². The predicted molar refractivity (Wildman–Crippen MR) is 102 cm³/mol. The number of imide groups is 1. The molecule has 2 aromatic carbocycles. The molecule has 0 unspecified atom stereocenters. The maximum Gasteiger partial charge on any atom is 0.354 e. The smallest absolute Gasteiger partial charge is 0.354 e. The number of esters is 1. The van der Waals surface area contributed by atoms with E-state index in [1.54, 1.807) is 12.1 Å². The molecule has 7 heteroatoms. The van der Waals surface area contributed by atoms with Crippen molar-refractivity contribution >= 4 is 29.2 Å². The van der Waals surface area contributed by atoms with Gasteiger partial charge in [-0.15, -0.1) is 0 Å². The zero-order valence-corrected chi connectivity index (χ0v) is 15.3. The first-order valence-electron chi connectivity index (χ1n) is 8.97. The van der Waals surface area contributed by atoms with Crippen molar-refractivity contribution in [2.45, 2.75) is 31.9 Å². The van der Waals surface area contributed by atoms with Crippen molar-refractivity contribution in [1.82, 2.24) is 5.43 Å². The molecule has 0 radical (unpaired) electrons. The first-order valence-corrected chi connectivity index (χ1v) is 8.97. The molecule has 2 aromatic rings. The van der Waals surface area contributed by atoms with Crippen LogP contribution in [0.3, 0.4) is 0 Å². The summed E-state index contributed by atoms with van der Waals surface area (Å²) in [5, 5.41) is 4.00. The van der Waals surface area contributed by atoms with Gasteiger partial charge < -0.3 is 4.74 Å². The van der Waals surface area contributed by atoms with Crippen LogP contribution in [-0.4, -0.2) is 29.0 Å². The second-order valence-electron chi connectivity index (χ2n) is 7.04. The van der Waals surface area contributed by atoms with Crippen LogP contribution in [0.5, 0.6) is 0 Å². The maximum absolute atomic E-state index is 13.0. The number of amides is 2. The van der Waals surface area contributed by atoms with Crippen LogP contribution in [0.2, 0.25) is 0 Å². The molecule has 142 valence electrons. The third kappa shape index (κ3) is 3.15. The fourth-order valence-corrected chi connectivity index (χ4v) is 3.38. The van der Waals surface area contributed by atoms with Gasteiger partial charge >= 0.3 is 5.97 Å². The van der Waals surface area contributed by atoms with Crippen LogP contribution in [0, 0.1) is 6.92 Å². The molecule has 1 N–H and O–H groups in total. The molecule has 4 rings (SSSR count). The van der Waals surface area contributed by atoms with E-state index in [2.05, 4.69) is 10.5 Å². The van der Waals surface area contributed by atoms with Crippen molar-refractivity contribution in [2.75, 3.05) is 4.90 Å². The third-order valence-corrected chi connectivity index (χ3v) is 4.93. The lowest BCUT2D eigenvalue weighted by Crippen LogP contribution is -2.47. The lowest BCUT2D eigenvalue weighted by molar-refractivity contribution is -0.136. The molecule has 1 fully saturated rings. The Morgan fingerprint density at radius 2 is 1.82 bits per heavy atom. The first-order chi connectivity index (χ1) is 13.5. The molecular formula is C21H19N3O4. The SMILES string of the molecule is Cc1ccc(N2C(=O)C[C@]3(CC(C(=O)OCc4ccccc4)=NN3)C2=O)cc1. The van der Waals surface area contributed by atoms with Crippen LogP contribution in [-0.2, 0) is 25.7 Å². The number of rotatable bonds is 4. The van der Waals surface area contributed by atoms with Gasteiger partial charge in [-0.05, 0) is 24.6 Å². The number of nitrogens with one attached hydrogen (secondary N) is 1. The molecule has 0 aromatic heterocycles. The standard InChI is InChI=1S/C21H19N3O4/c1-14-7-9-16(10-8-14)24-18(25)12-21(20(24)27)11-17(22-23-21)19(26)28-13-15-5-3-2-4-6-15/h2-10,23H,11-13H2,1H3/t21-/m1/s1. The summed E-state index contributed by atoms with van der Waals surface area (Å²) in [5.41, 5.74) is 4.02. The Bertz CT molecular complexity index is 969. The van der Waals surface area contributed by atoms with E-state index in [0.717, 1.165) is 16.0 Å². The number of carbonyl (C=O) groups excluding carboxylic acids is 3. The second-order valence-corrected chi connectivity index (χ2v) is 7.04. The number of hydrogen-bond acceptors (Lipinski definition) is 6.